The minimum absolute atomic E-state index is 0.552. The molecule has 3 aromatic heterocycles. The van der Waals surface area contributed by atoms with Crippen molar-refractivity contribution in [3.05, 3.63) is 224 Å². The molecule has 62 heavy (non-hydrogen) atoms. The molecule has 0 radical (unpaired) electrons. The van der Waals surface area contributed by atoms with Crippen molar-refractivity contribution in [1.29, 1.82) is 0 Å². The number of benzene rings is 9. The maximum Gasteiger partial charge on any atom is 0.238 e. The zero-order chi connectivity index (χ0) is 41.0. The van der Waals surface area contributed by atoms with E-state index in [1.54, 1.807) is 0 Å². The van der Waals surface area contributed by atoms with E-state index < -0.39 is 0 Å². The lowest BCUT2D eigenvalue weighted by Gasteiger charge is -2.13. The quantitative estimate of drug-likeness (QED) is 0.162. The number of fused-ring (bicyclic) bond motifs is 6. The first-order valence-corrected chi connectivity index (χ1v) is 21.0. The Morgan fingerprint density at radius 2 is 0.645 bits per heavy atom. The average molecular weight is 792 g/mol. The second-order valence-corrected chi connectivity index (χ2v) is 15.6. The van der Waals surface area contributed by atoms with Crippen molar-refractivity contribution < 1.29 is 0 Å². The van der Waals surface area contributed by atoms with Gasteiger partial charge in [0.25, 0.3) is 0 Å². The molecule has 0 amide bonds. The van der Waals surface area contributed by atoms with Gasteiger partial charge >= 0.3 is 0 Å². The van der Waals surface area contributed by atoms with Gasteiger partial charge in [0.05, 0.1) is 22.1 Å². The Morgan fingerprint density at radius 1 is 0.274 bits per heavy atom. The number of para-hydroxylation sites is 3. The van der Waals surface area contributed by atoms with Crippen LogP contribution in [0.2, 0.25) is 0 Å². The van der Waals surface area contributed by atoms with Crippen LogP contribution in [0.15, 0.2) is 224 Å². The van der Waals surface area contributed by atoms with Gasteiger partial charge < -0.3 is 4.57 Å². The normalized spacial score (nSPS) is 11.5. The summed E-state index contributed by atoms with van der Waals surface area (Å²) in [4.78, 5) is 16.0. The van der Waals surface area contributed by atoms with Crippen molar-refractivity contribution >= 4 is 43.6 Å². The molecule has 5 nitrogen and oxygen atoms in total. The van der Waals surface area contributed by atoms with Gasteiger partial charge in [0, 0.05) is 43.9 Å². The second-order valence-electron chi connectivity index (χ2n) is 15.6. The third-order valence-electron chi connectivity index (χ3n) is 12.0. The van der Waals surface area contributed by atoms with Crippen LogP contribution in [-0.4, -0.2) is 24.1 Å². The van der Waals surface area contributed by atoms with E-state index in [4.69, 9.17) is 15.0 Å². The first kappa shape index (κ1) is 35.5. The lowest BCUT2D eigenvalue weighted by Crippen LogP contribution is -2.06. The third-order valence-corrected chi connectivity index (χ3v) is 12.0. The first-order chi connectivity index (χ1) is 30.8. The van der Waals surface area contributed by atoms with Gasteiger partial charge in [-0.15, -0.1) is 0 Å². The highest BCUT2D eigenvalue weighted by atomic mass is 15.2. The maximum atomic E-state index is 5.38. The summed E-state index contributed by atoms with van der Waals surface area (Å²) in [5, 5.41) is 4.69. The largest absolute Gasteiger partial charge is 0.309 e. The molecule has 0 bridgehead atoms. The minimum atomic E-state index is 0.552. The van der Waals surface area contributed by atoms with Crippen LogP contribution in [0.3, 0.4) is 0 Å². The van der Waals surface area contributed by atoms with E-state index in [1.165, 1.54) is 16.3 Å². The monoisotopic (exact) mass is 791 g/mol. The molecule has 12 rings (SSSR count). The molecule has 0 aliphatic carbocycles. The molecular formula is C57H37N5. The van der Waals surface area contributed by atoms with E-state index in [1.807, 2.05) is 12.1 Å². The molecule has 9 aromatic carbocycles. The summed E-state index contributed by atoms with van der Waals surface area (Å²) in [6.07, 6.45) is 0. The highest BCUT2D eigenvalue weighted by Crippen LogP contribution is 2.47. The minimum Gasteiger partial charge on any atom is -0.309 e. The molecule has 12 aromatic rings. The van der Waals surface area contributed by atoms with Crippen LogP contribution in [0.5, 0.6) is 0 Å². The molecule has 0 aliphatic heterocycles. The van der Waals surface area contributed by atoms with Crippen molar-refractivity contribution in [2.75, 3.05) is 0 Å². The van der Waals surface area contributed by atoms with Crippen molar-refractivity contribution in [3.63, 3.8) is 0 Å². The Labute approximate surface area is 358 Å². The van der Waals surface area contributed by atoms with Gasteiger partial charge in [-0.3, -0.25) is 4.57 Å². The predicted molar refractivity (Wildman–Crippen MR) is 256 cm³/mol. The van der Waals surface area contributed by atoms with Crippen LogP contribution in [0.1, 0.15) is 0 Å². The fourth-order valence-corrected chi connectivity index (χ4v) is 9.14. The Balaban J connectivity index is 1.16. The van der Waals surface area contributed by atoms with Gasteiger partial charge in [-0.2, -0.15) is 9.97 Å². The Kier molecular flexibility index (Phi) is 8.42. The molecule has 3 heterocycles. The van der Waals surface area contributed by atoms with E-state index in [9.17, 15) is 0 Å². The number of rotatable bonds is 7. The van der Waals surface area contributed by atoms with Crippen LogP contribution in [0, 0.1) is 0 Å². The first-order valence-electron chi connectivity index (χ1n) is 21.0. The molecule has 0 atom stereocenters. The number of aromatic nitrogens is 5. The number of hydrogen-bond acceptors (Lipinski definition) is 3. The van der Waals surface area contributed by atoms with Crippen molar-refractivity contribution in [2.45, 2.75) is 0 Å². The summed E-state index contributed by atoms with van der Waals surface area (Å²) < 4.78 is 4.64. The van der Waals surface area contributed by atoms with Crippen molar-refractivity contribution in [2.24, 2.45) is 0 Å². The third kappa shape index (κ3) is 5.90. The SMILES string of the molecule is c1ccc(-c2ccc(-c3nc(-c4ccc(-c5ccccc5)cc4)nc(-n4c5ccccc5c5c(-c6ccccc6)c6c7ccccc7n(-c7ccccc7)c6cc54)n3)cc2)cc1. The van der Waals surface area contributed by atoms with E-state index in [0.717, 1.165) is 77.5 Å². The molecule has 0 saturated heterocycles. The van der Waals surface area contributed by atoms with Crippen LogP contribution in [-0.2, 0) is 0 Å². The fraction of sp³-hybridized carbons (Fsp3) is 0. The van der Waals surface area contributed by atoms with Crippen LogP contribution in [0.25, 0.3) is 111 Å². The van der Waals surface area contributed by atoms with Gasteiger partial charge in [-0.25, -0.2) is 4.98 Å². The fourth-order valence-electron chi connectivity index (χ4n) is 9.14. The molecule has 0 fully saturated rings. The molecule has 0 saturated carbocycles. The van der Waals surface area contributed by atoms with E-state index >= 15 is 0 Å². The van der Waals surface area contributed by atoms with Crippen LogP contribution in [0.4, 0.5) is 0 Å². The zero-order valence-corrected chi connectivity index (χ0v) is 33.6. The van der Waals surface area contributed by atoms with E-state index in [0.29, 0.717) is 17.6 Å². The summed E-state index contributed by atoms with van der Waals surface area (Å²) >= 11 is 0. The van der Waals surface area contributed by atoms with Gasteiger partial charge in [-0.05, 0) is 58.1 Å². The van der Waals surface area contributed by atoms with Crippen LogP contribution >= 0.6 is 0 Å². The Bertz CT molecular complexity index is 3470. The molecule has 0 N–H and O–H groups in total. The summed E-state index contributed by atoms with van der Waals surface area (Å²) in [5.41, 5.74) is 14.1. The number of nitrogens with zero attached hydrogens (tertiary/aromatic N) is 5. The second kappa shape index (κ2) is 14.7. The van der Waals surface area contributed by atoms with Gasteiger partial charge in [0.2, 0.25) is 5.95 Å². The van der Waals surface area contributed by atoms with Gasteiger partial charge in [0.1, 0.15) is 0 Å². The van der Waals surface area contributed by atoms with Gasteiger partial charge in [0.15, 0.2) is 11.6 Å². The maximum absolute atomic E-state index is 5.38. The number of hydrogen-bond donors (Lipinski definition) is 0. The highest BCUT2D eigenvalue weighted by Gasteiger charge is 2.25. The van der Waals surface area contributed by atoms with E-state index in [-0.39, 0.29) is 0 Å². The van der Waals surface area contributed by atoms with Crippen LogP contribution < -0.4 is 0 Å². The van der Waals surface area contributed by atoms with E-state index in [2.05, 4.69) is 221 Å². The summed E-state index contributed by atoms with van der Waals surface area (Å²) in [5.74, 6) is 1.76. The lowest BCUT2D eigenvalue weighted by atomic mass is 9.94. The highest BCUT2D eigenvalue weighted by molar-refractivity contribution is 6.28. The summed E-state index contributed by atoms with van der Waals surface area (Å²) in [7, 11) is 0. The molecule has 0 spiro atoms. The van der Waals surface area contributed by atoms with Gasteiger partial charge in [-0.1, -0.05) is 194 Å². The zero-order valence-electron chi connectivity index (χ0n) is 33.6. The predicted octanol–water partition coefficient (Wildman–Crippen LogP) is 14.4. The smallest absolute Gasteiger partial charge is 0.238 e. The Hall–Kier alpha value is -8.41. The summed E-state index contributed by atoms with van der Waals surface area (Å²) in [6, 6.07) is 79.2. The average Bonchev–Trinajstić information content (AvgIpc) is 3.87. The molecular weight excluding hydrogens is 755 g/mol. The molecule has 0 aliphatic rings. The molecule has 0 unspecified atom stereocenters. The standard InChI is InChI=1S/C57H37N5/c1-5-17-38(18-6-1)40-29-33-43(34-30-40)55-58-56(44-35-31-41(32-36-44)39-19-7-2-8-20-39)60-57(59-55)62-49-28-16-14-26-47(49)54-51(62)37-50-53(52(54)42-21-9-3-10-22-42)46-25-13-15-27-48(46)61(50)45-23-11-4-12-24-45/h1-37H. The molecule has 5 heteroatoms. The topological polar surface area (TPSA) is 48.5 Å². The Morgan fingerprint density at radius 3 is 1.15 bits per heavy atom. The van der Waals surface area contributed by atoms with Crippen molar-refractivity contribution in [3.8, 4) is 67.8 Å². The van der Waals surface area contributed by atoms with Crippen molar-refractivity contribution in [1.82, 2.24) is 24.1 Å². The summed E-state index contributed by atoms with van der Waals surface area (Å²) in [6.45, 7) is 0. The molecule has 290 valence electrons. The lowest BCUT2D eigenvalue weighted by molar-refractivity contribution is 0.953.